The van der Waals surface area contributed by atoms with Crippen LogP contribution in [0.25, 0.3) is 99.2 Å². The van der Waals surface area contributed by atoms with Crippen molar-refractivity contribution in [3.8, 4) is 89.1 Å². The lowest BCUT2D eigenvalue weighted by molar-refractivity contribution is 1.08. The van der Waals surface area contributed by atoms with E-state index < -0.39 is 0 Å². The summed E-state index contributed by atoms with van der Waals surface area (Å²) in [6.07, 6.45) is 0. The predicted molar refractivity (Wildman–Crippen MR) is 239 cm³/mol. The number of aromatic nitrogens is 3. The molecule has 0 spiro atoms. The molecule has 10 aromatic rings. The van der Waals surface area contributed by atoms with Crippen molar-refractivity contribution in [2.24, 2.45) is 0 Å². The summed E-state index contributed by atoms with van der Waals surface area (Å²) in [6, 6.07) is 74.9. The van der Waals surface area contributed by atoms with Gasteiger partial charge in [0, 0.05) is 15.8 Å². The molecule has 2 aromatic heterocycles. The van der Waals surface area contributed by atoms with Gasteiger partial charge in [0.1, 0.15) is 0 Å². The number of nitrogens with zero attached hydrogens (tertiary/aromatic N) is 3. The Kier molecular flexibility index (Phi) is 9.07. The molecule has 0 N–H and O–H groups in total. The minimum atomic E-state index is 0.635. The second-order valence-electron chi connectivity index (χ2n) is 14.0. The summed E-state index contributed by atoms with van der Waals surface area (Å²) in [5.74, 6) is 1.95. The molecular weight excluding hydrogens is 711 g/mol. The van der Waals surface area contributed by atoms with Crippen LogP contribution in [-0.2, 0) is 0 Å². The average molecular weight is 746 g/mol. The summed E-state index contributed by atoms with van der Waals surface area (Å²) in [4.78, 5) is 16.5. The van der Waals surface area contributed by atoms with Crippen LogP contribution < -0.4 is 0 Å². The average Bonchev–Trinajstić information content (AvgIpc) is 3.75. The van der Waals surface area contributed by atoms with Gasteiger partial charge < -0.3 is 0 Å². The molecule has 0 saturated carbocycles. The molecule has 0 aliphatic heterocycles. The highest BCUT2D eigenvalue weighted by Crippen LogP contribution is 2.44. The van der Waals surface area contributed by atoms with Crippen molar-refractivity contribution in [3.63, 3.8) is 0 Å². The van der Waals surface area contributed by atoms with E-state index in [2.05, 4.69) is 206 Å². The highest BCUT2D eigenvalue weighted by atomic mass is 32.1. The molecule has 0 bridgehead atoms. The van der Waals surface area contributed by atoms with Crippen molar-refractivity contribution in [1.29, 1.82) is 0 Å². The Morgan fingerprint density at radius 2 is 0.737 bits per heavy atom. The van der Waals surface area contributed by atoms with E-state index in [9.17, 15) is 0 Å². The molecule has 268 valence electrons. The van der Waals surface area contributed by atoms with Crippen LogP contribution in [0.2, 0.25) is 0 Å². The standard InChI is InChI=1S/C53H35N3S/c1-5-17-37(18-6-1)44-26-14-15-27-45(44)52-54-51(55-53(56-52)49-35-42-25-13-16-28-48(42)57-49)41-31-29-36(30-32-41)43-33-46(38-19-7-2-8-20-38)50(40-23-11-4-12-24-40)47(34-43)39-21-9-3-10-22-39/h1-35H. The SMILES string of the molecule is c1ccc(-c2ccccc2-c2nc(-c3ccc(-c4cc(-c5ccccc5)c(-c5ccccc5)c(-c5ccccc5)c4)cc3)nc(-c3cc4ccccc4s3)n2)cc1. The van der Waals surface area contributed by atoms with Crippen LogP contribution >= 0.6 is 11.3 Å². The molecule has 0 radical (unpaired) electrons. The number of fused-ring (bicyclic) bond motifs is 1. The molecule has 2 heterocycles. The van der Waals surface area contributed by atoms with E-state index in [0.717, 1.165) is 38.3 Å². The zero-order valence-electron chi connectivity index (χ0n) is 31.0. The van der Waals surface area contributed by atoms with Crippen molar-refractivity contribution in [1.82, 2.24) is 15.0 Å². The van der Waals surface area contributed by atoms with Crippen LogP contribution in [0.5, 0.6) is 0 Å². The Morgan fingerprint density at radius 1 is 0.281 bits per heavy atom. The fourth-order valence-electron chi connectivity index (χ4n) is 7.60. The normalized spacial score (nSPS) is 11.2. The third-order valence-corrected chi connectivity index (χ3v) is 11.5. The topological polar surface area (TPSA) is 38.7 Å². The van der Waals surface area contributed by atoms with Gasteiger partial charge in [0.2, 0.25) is 0 Å². The maximum Gasteiger partial charge on any atom is 0.174 e. The summed E-state index contributed by atoms with van der Waals surface area (Å²) in [7, 11) is 0. The fraction of sp³-hybridized carbons (Fsp3) is 0. The largest absolute Gasteiger partial charge is 0.208 e. The number of rotatable bonds is 8. The summed E-state index contributed by atoms with van der Waals surface area (Å²) >= 11 is 1.70. The van der Waals surface area contributed by atoms with Gasteiger partial charge in [-0.1, -0.05) is 188 Å². The number of hydrogen-bond donors (Lipinski definition) is 0. The second-order valence-corrected chi connectivity index (χ2v) is 15.1. The van der Waals surface area contributed by atoms with Gasteiger partial charge >= 0.3 is 0 Å². The molecule has 0 atom stereocenters. The summed E-state index contributed by atoms with van der Waals surface area (Å²) in [5.41, 5.74) is 13.5. The smallest absolute Gasteiger partial charge is 0.174 e. The van der Waals surface area contributed by atoms with Crippen LogP contribution in [0.1, 0.15) is 0 Å². The van der Waals surface area contributed by atoms with E-state index in [4.69, 9.17) is 15.0 Å². The molecular formula is C53H35N3S. The summed E-state index contributed by atoms with van der Waals surface area (Å²) < 4.78 is 1.20. The highest BCUT2D eigenvalue weighted by molar-refractivity contribution is 7.22. The Hall–Kier alpha value is -7.27. The van der Waals surface area contributed by atoms with Crippen molar-refractivity contribution >= 4 is 21.4 Å². The molecule has 0 aliphatic carbocycles. The lowest BCUT2D eigenvalue weighted by Crippen LogP contribution is -2.00. The van der Waals surface area contributed by atoms with Gasteiger partial charge in [-0.2, -0.15) is 0 Å². The van der Waals surface area contributed by atoms with Gasteiger partial charge in [-0.3, -0.25) is 0 Å². The van der Waals surface area contributed by atoms with E-state index in [0.29, 0.717) is 17.5 Å². The molecule has 0 fully saturated rings. The molecule has 8 aromatic carbocycles. The molecule has 0 aliphatic rings. The van der Waals surface area contributed by atoms with Crippen molar-refractivity contribution in [3.05, 3.63) is 212 Å². The zero-order chi connectivity index (χ0) is 38.0. The van der Waals surface area contributed by atoms with Gasteiger partial charge in [0.15, 0.2) is 17.5 Å². The van der Waals surface area contributed by atoms with Crippen LogP contribution in [0.4, 0.5) is 0 Å². The van der Waals surface area contributed by atoms with Gasteiger partial charge in [-0.05, 0) is 85.3 Å². The first-order valence-corrected chi connectivity index (χ1v) is 19.9. The first-order chi connectivity index (χ1) is 28.2. The number of thiophene rings is 1. The molecule has 4 heteroatoms. The zero-order valence-corrected chi connectivity index (χ0v) is 31.8. The Balaban J connectivity index is 1.12. The van der Waals surface area contributed by atoms with Crippen molar-refractivity contribution in [2.45, 2.75) is 0 Å². The van der Waals surface area contributed by atoms with Crippen LogP contribution in [-0.4, -0.2) is 15.0 Å². The Labute approximate surface area is 336 Å². The van der Waals surface area contributed by atoms with E-state index in [-0.39, 0.29) is 0 Å². The predicted octanol–water partition coefficient (Wildman–Crippen LogP) is 14.4. The lowest BCUT2D eigenvalue weighted by Gasteiger charge is -2.19. The van der Waals surface area contributed by atoms with Crippen LogP contribution in [0, 0.1) is 0 Å². The molecule has 0 unspecified atom stereocenters. The number of hydrogen-bond acceptors (Lipinski definition) is 4. The molecule has 0 amide bonds. The van der Waals surface area contributed by atoms with Crippen molar-refractivity contribution < 1.29 is 0 Å². The monoisotopic (exact) mass is 745 g/mol. The third-order valence-electron chi connectivity index (χ3n) is 10.4. The first-order valence-electron chi connectivity index (χ1n) is 19.1. The maximum absolute atomic E-state index is 5.18. The Bertz CT molecular complexity index is 2880. The third kappa shape index (κ3) is 6.84. The minimum absolute atomic E-state index is 0.635. The first kappa shape index (κ1) is 34.2. The molecule has 10 rings (SSSR count). The van der Waals surface area contributed by atoms with Crippen LogP contribution in [0.15, 0.2) is 212 Å². The van der Waals surface area contributed by atoms with Crippen LogP contribution in [0.3, 0.4) is 0 Å². The Morgan fingerprint density at radius 3 is 1.33 bits per heavy atom. The molecule has 57 heavy (non-hydrogen) atoms. The summed E-state index contributed by atoms with van der Waals surface area (Å²) in [6.45, 7) is 0. The van der Waals surface area contributed by atoms with E-state index >= 15 is 0 Å². The molecule has 3 nitrogen and oxygen atoms in total. The fourth-order valence-corrected chi connectivity index (χ4v) is 8.60. The van der Waals surface area contributed by atoms with Gasteiger partial charge in [-0.25, -0.2) is 15.0 Å². The molecule has 0 saturated heterocycles. The summed E-state index contributed by atoms with van der Waals surface area (Å²) in [5, 5.41) is 1.18. The minimum Gasteiger partial charge on any atom is -0.208 e. The van der Waals surface area contributed by atoms with E-state index in [1.54, 1.807) is 11.3 Å². The van der Waals surface area contributed by atoms with Gasteiger partial charge in [0.05, 0.1) is 4.88 Å². The van der Waals surface area contributed by atoms with Gasteiger partial charge in [0.25, 0.3) is 0 Å². The maximum atomic E-state index is 5.18. The lowest BCUT2D eigenvalue weighted by atomic mass is 9.84. The van der Waals surface area contributed by atoms with E-state index in [1.807, 2.05) is 6.07 Å². The quantitative estimate of drug-likeness (QED) is 0.155. The second kappa shape index (κ2) is 15.1. The van der Waals surface area contributed by atoms with E-state index in [1.165, 1.54) is 43.5 Å². The number of benzene rings is 8. The van der Waals surface area contributed by atoms with Gasteiger partial charge in [-0.15, -0.1) is 11.3 Å². The highest BCUT2D eigenvalue weighted by Gasteiger charge is 2.19. The van der Waals surface area contributed by atoms with Crippen molar-refractivity contribution in [2.75, 3.05) is 0 Å².